The molecule has 1 aliphatic rings. The number of nitrogens with one attached hydrogen (secondary N) is 1. The lowest BCUT2D eigenvalue weighted by molar-refractivity contribution is 0.228. The fourth-order valence-electron chi connectivity index (χ4n) is 1.95. The second kappa shape index (κ2) is 4.05. The smallest absolute Gasteiger partial charge is 0.126 e. The Bertz CT molecular complexity index is 314. The zero-order chi connectivity index (χ0) is 9.97. The molecule has 0 spiro atoms. The maximum atomic E-state index is 13.5. The van der Waals surface area contributed by atoms with E-state index in [2.05, 4.69) is 5.32 Å². The molecule has 0 saturated carbocycles. The van der Waals surface area contributed by atoms with E-state index in [1.54, 1.807) is 18.2 Å². The summed E-state index contributed by atoms with van der Waals surface area (Å²) in [5.74, 6) is -0.570. The maximum absolute atomic E-state index is 13.5. The Morgan fingerprint density at radius 3 is 2.79 bits per heavy atom. The van der Waals surface area contributed by atoms with Crippen molar-refractivity contribution in [2.24, 2.45) is 0 Å². The van der Waals surface area contributed by atoms with E-state index in [-0.39, 0.29) is 11.7 Å². The number of halogens is 2. The van der Waals surface area contributed by atoms with Crippen LogP contribution in [0.5, 0.6) is 0 Å². The van der Waals surface area contributed by atoms with Gasteiger partial charge in [0, 0.05) is 12.5 Å². The van der Waals surface area contributed by atoms with Gasteiger partial charge >= 0.3 is 0 Å². The SMILES string of the molecule is Fc1ccccc1C1CCNCC1F. The van der Waals surface area contributed by atoms with Gasteiger partial charge in [-0.15, -0.1) is 0 Å². The molecule has 1 fully saturated rings. The van der Waals surface area contributed by atoms with Crippen LogP contribution in [0, 0.1) is 5.82 Å². The minimum atomic E-state index is -0.972. The van der Waals surface area contributed by atoms with E-state index in [4.69, 9.17) is 0 Å². The van der Waals surface area contributed by atoms with Crippen LogP contribution in [-0.2, 0) is 0 Å². The largest absolute Gasteiger partial charge is 0.314 e. The number of hydrogen-bond acceptors (Lipinski definition) is 1. The van der Waals surface area contributed by atoms with Crippen LogP contribution in [0.1, 0.15) is 17.9 Å². The molecule has 1 aliphatic heterocycles. The molecule has 0 amide bonds. The predicted molar refractivity (Wildman–Crippen MR) is 51.5 cm³/mol. The monoisotopic (exact) mass is 197 g/mol. The van der Waals surface area contributed by atoms with Gasteiger partial charge in [0.2, 0.25) is 0 Å². The highest BCUT2D eigenvalue weighted by Crippen LogP contribution is 2.29. The van der Waals surface area contributed by atoms with Crippen molar-refractivity contribution in [3.8, 4) is 0 Å². The first-order valence-corrected chi connectivity index (χ1v) is 4.88. The Labute approximate surface area is 82.1 Å². The van der Waals surface area contributed by atoms with Crippen molar-refractivity contribution in [2.75, 3.05) is 13.1 Å². The Morgan fingerprint density at radius 2 is 2.07 bits per heavy atom. The zero-order valence-electron chi connectivity index (χ0n) is 7.84. The van der Waals surface area contributed by atoms with E-state index in [1.807, 2.05) is 0 Å². The van der Waals surface area contributed by atoms with Gasteiger partial charge in [0.1, 0.15) is 12.0 Å². The molecule has 2 atom stereocenters. The van der Waals surface area contributed by atoms with Crippen molar-refractivity contribution in [2.45, 2.75) is 18.5 Å². The summed E-state index contributed by atoms with van der Waals surface area (Å²) in [6.07, 6.45) is -0.303. The molecule has 14 heavy (non-hydrogen) atoms. The lowest BCUT2D eigenvalue weighted by Crippen LogP contribution is -2.37. The molecule has 0 aliphatic carbocycles. The second-order valence-electron chi connectivity index (χ2n) is 3.64. The first-order chi connectivity index (χ1) is 6.79. The van der Waals surface area contributed by atoms with Crippen LogP contribution in [0.4, 0.5) is 8.78 Å². The van der Waals surface area contributed by atoms with Gasteiger partial charge in [0.05, 0.1) is 0 Å². The molecular formula is C11H13F2N. The minimum absolute atomic E-state index is 0.280. The van der Waals surface area contributed by atoms with E-state index >= 15 is 0 Å². The summed E-state index contributed by atoms with van der Waals surface area (Å²) in [6, 6.07) is 6.46. The van der Waals surface area contributed by atoms with Gasteiger partial charge in [-0.2, -0.15) is 0 Å². The Kier molecular flexibility index (Phi) is 2.77. The number of rotatable bonds is 1. The normalized spacial score (nSPS) is 27.6. The molecule has 2 rings (SSSR count). The first kappa shape index (κ1) is 9.59. The third kappa shape index (κ3) is 1.77. The fraction of sp³-hybridized carbons (Fsp3) is 0.455. The molecule has 0 aromatic heterocycles. The van der Waals surface area contributed by atoms with Gasteiger partial charge in [-0.3, -0.25) is 0 Å². The molecule has 2 unspecified atom stereocenters. The van der Waals surface area contributed by atoms with E-state index in [0.29, 0.717) is 18.5 Å². The van der Waals surface area contributed by atoms with Gasteiger partial charge in [-0.05, 0) is 24.6 Å². The van der Waals surface area contributed by atoms with Crippen LogP contribution in [0.2, 0.25) is 0 Å². The predicted octanol–water partition coefficient (Wildman–Crippen LogP) is 2.24. The van der Waals surface area contributed by atoms with Crippen LogP contribution in [-0.4, -0.2) is 19.3 Å². The molecular weight excluding hydrogens is 184 g/mol. The highest BCUT2D eigenvalue weighted by Gasteiger charge is 2.27. The summed E-state index contributed by atoms with van der Waals surface area (Å²) in [6.45, 7) is 1.10. The molecule has 1 aromatic rings. The van der Waals surface area contributed by atoms with Gasteiger partial charge < -0.3 is 5.32 Å². The van der Waals surface area contributed by atoms with Crippen LogP contribution in [0.15, 0.2) is 24.3 Å². The third-order valence-electron chi connectivity index (χ3n) is 2.71. The molecule has 76 valence electrons. The van der Waals surface area contributed by atoms with Gasteiger partial charge in [0.15, 0.2) is 0 Å². The van der Waals surface area contributed by atoms with Crippen molar-refractivity contribution in [1.82, 2.24) is 5.32 Å². The fourth-order valence-corrected chi connectivity index (χ4v) is 1.95. The quantitative estimate of drug-likeness (QED) is 0.728. The average Bonchev–Trinajstić information content (AvgIpc) is 2.20. The third-order valence-corrected chi connectivity index (χ3v) is 2.71. The van der Waals surface area contributed by atoms with Crippen molar-refractivity contribution in [3.05, 3.63) is 35.6 Å². The molecule has 1 heterocycles. The van der Waals surface area contributed by atoms with Gasteiger partial charge in [0.25, 0.3) is 0 Å². The molecule has 0 bridgehead atoms. The van der Waals surface area contributed by atoms with Crippen LogP contribution in [0.3, 0.4) is 0 Å². The van der Waals surface area contributed by atoms with Crippen LogP contribution < -0.4 is 5.32 Å². The Morgan fingerprint density at radius 1 is 1.29 bits per heavy atom. The summed E-state index contributed by atoms with van der Waals surface area (Å²) >= 11 is 0. The Balaban J connectivity index is 2.25. The number of benzene rings is 1. The summed E-state index contributed by atoms with van der Waals surface area (Å²) < 4.78 is 26.8. The summed E-state index contributed by atoms with van der Waals surface area (Å²) in [5.41, 5.74) is 0.515. The van der Waals surface area contributed by atoms with Crippen molar-refractivity contribution >= 4 is 0 Å². The maximum Gasteiger partial charge on any atom is 0.126 e. The average molecular weight is 197 g/mol. The lowest BCUT2D eigenvalue weighted by Gasteiger charge is -2.27. The van der Waals surface area contributed by atoms with E-state index in [0.717, 1.165) is 6.54 Å². The molecule has 1 saturated heterocycles. The Hall–Kier alpha value is -0.960. The van der Waals surface area contributed by atoms with Crippen LogP contribution in [0.25, 0.3) is 0 Å². The summed E-state index contributed by atoms with van der Waals surface area (Å²) in [4.78, 5) is 0. The second-order valence-corrected chi connectivity index (χ2v) is 3.64. The van der Waals surface area contributed by atoms with Crippen molar-refractivity contribution in [3.63, 3.8) is 0 Å². The highest BCUT2D eigenvalue weighted by molar-refractivity contribution is 5.23. The van der Waals surface area contributed by atoms with Crippen LogP contribution >= 0.6 is 0 Å². The van der Waals surface area contributed by atoms with E-state index < -0.39 is 6.17 Å². The minimum Gasteiger partial charge on any atom is -0.314 e. The topological polar surface area (TPSA) is 12.0 Å². The first-order valence-electron chi connectivity index (χ1n) is 4.88. The van der Waals surface area contributed by atoms with Gasteiger partial charge in [-0.25, -0.2) is 8.78 Å². The molecule has 0 radical (unpaired) electrons. The number of hydrogen-bond donors (Lipinski definition) is 1. The highest BCUT2D eigenvalue weighted by atomic mass is 19.1. The summed E-state index contributed by atoms with van der Waals surface area (Å²) in [7, 11) is 0. The standard InChI is InChI=1S/C11H13F2N/c12-10-4-2-1-3-8(10)9-5-6-14-7-11(9)13/h1-4,9,11,14H,5-7H2. The molecule has 1 N–H and O–H groups in total. The zero-order valence-corrected chi connectivity index (χ0v) is 7.84. The number of piperidine rings is 1. The van der Waals surface area contributed by atoms with E-state index in [1.165, 1.54) is 6.07 Å². The lowest BCUT2D eigenvalue weighted by atomic mass is 9.88. The molecule has 3 heteroatoms. The summed E-state index contributed by atoms with van der Waals surface area (Å²) in [5, 5.41) is 2.96. The van der Waals surface area contributed by atoms with E-state index in [9.17, 15) is 8.78 Å². The van der Waals surface area contributed by atoms with Gasteiger partial charge in [-0.1, -0.05) is 18.2 Å². The van der Waals surface area contributed by atoms with Crippen molar-refractivity contribution in [1.29, 1.82) is 0 Å². The molecule has 1 nitrogen and oxygen atoms in total. The molecule has 1 aromatic carbocycles. The number of alkyl halides is 1. The van der Waals surface area contributed by atoms with Crippen molar-refractivity contribution < 1.29 is 8.78 Å².